The van der Waals surface area contributed by atoms with E-state index in [-0.39, 0.29) is 38.8 Å². The van der Waals surface area contributed by atoms with E-state index in [1.54, 1.807) is 20.8 Å². The van der Waals surface area contributed by atoms with Gasteiger partial charge < -0.3 is 38.3 Å². The van der Waals surface area contributed by atoms with E-state index in [1.165, 1.54) is 9.80 Å². The third-order valence-corrected chi connectivity index (χ3v) is 5.02. The second-order valence-electron chi connectivity index (χ2n) is 10.5. The van der Waals surface area contributed by atoms with Gasteiger partial charge in [0.05, 0.1) is 52.2 Å². The predicted molar refractivity (Wildman–Crippen MR) is 160 cm³/mol. The monoisotopic (exact) mass is 704 g/mol. The zero-order valence-corrected chi connectivity index (χ0v) is 27.7. The van der Waals surface area contributed by atoms with Crippen LogP contribution in [0.25, 0.3) is 0 Å². The molecule has 18 heteroatoms. The number of carbonyl (C=O) groups is 4. The lowest BCUT2D eigenvalue weighted by atomic mass is 10.2. The van der Waals surface area contributed by atoms with Crippen molar-refractivity contribution in [3.05, 3.63) is 0 Å². The van der Waals surface area contributed by atoms with Gasteiger partial charge in [-0.15, -0.1) is 0 Å². The van der Waals surface area contributed by atoms with Crippen molar-refractivity contribution in [2.75, 3.05) is 59.8 Å². The summed E-state index contributed by atoms with van der Waals surface area (Å²) in [6, 6.07) is -0.648. The molecule has 2 amide bonds. The van der Waals surface area contributed by atoms with E-state index in [1.807, 2.05) is 20.8 Å². The zero-order valence-electron chi connectivity index (χ0n) is 24.7. The first-order valence-electron chi connectivity index (χ1n) is 12.6. The fourth-order valence-corrected chi connectivity index (χ4v) is 3.27. The first-order valence-corrected chi connectivity index (χ1v) is 14.1. The molecule has 0 radical (unpaired) electrons. The van der Waals surface area contributed by atoms with Gasteiger partial charge in [-0.25, -0.2) is 19.2 Å². The molecule has 2 aliphatic rings. The van der Waals surface area contributed by atoms with Gasteiger partial charge in [0.15, 0.2) is 0 Å². The Bertz CT molecular complexity index is 863. The smallest absolute Gasteiger partial charge is 0.451 e. The first kappa shape index (κ1) is 43.4. The summed E-state index contributed by atoms with van der Waals surface area (Å²) >= 11 is 20.1. The number of morpholine rings is 2. The van der Waals surface area contributed by atoms with Gasteiger partial charge >= 0.3 is 27.7 Å². The van der Waals surface area contributed by atoms with Gasteiger partial charge in [0.25, 0.3) is 0 Å². The number of ether oxygens (including phenoxy) is 7. The molecule has 0 aromatic carbocycles. The average molecular weight is 706 g/mol. The molecule has 0 spiro atoms. The molecule has 0 saturated carbocycles. The second kappa shape index (κ2) is 20.4. The number of nitrogens with zero attached hydrogens (tertiary/aromatic N) is 2. The standard InChI is InChI=1S/C11H18ClNO5.C10H19NO4.C3H3Cl3O3.CH4/c1-11(2,3)18-10(15)13-4-5-16-6-8(13)7-17-9(12)14;1-10(2,3)15-9(13)11-4-5-14-7-8(11)6-12;1-8-2(7)9-3(4,5)6;/h8H,4-7H2,1-3H3;8,12H,4-7H2,1-3H3;1H3;1H4/t2*8-;;/m10../s1. The van der Waals surface area contributed by atoms with Gasteiger partial charge in [-0.3, -0.25) is 9.80 Å². The molecule has 0 aliphatic carbocycles. The number of carbonyl (C=O) groups excluding carboxylic acids is 4. The van der Waals surface area contributed by atoms with Gasteiger partial charge in [0, 0.05) is 24.7 Å². The third kappa shape index (κ3) is 21.6. The van der Waals surface area contributed by atoms with Crippen LogP contribution < -0.4 is 0 Å². The lowest BCUT2D eigenvalue weighted by molar-refractivity contribution is -0.0447. The van der Waals surface area contributed by atoms with Crippen LogP contribution in [0.4, 0.5) is 19.2 Å². The molecular weight excluding hydrogens is 662 g/mol. The Balaban J connectivity index is 0. The van der Waals surface area contributed by atoms with Crippen molar-refractivity contribution in [2.24, 2.45) is 0 Å². The van der Waals surface area contributed by atoms with E-state index < -0.39 is 32.9 Å². The number of hydrogen-bond donors (Lipinski definition) is 1. The summed E-state index contributed by atoms with van der Waals surface area (Å²) in [5, 5.41) is 9.08. The highest BCUT2D eigenvalue weighted by Crippen LogP contribution is 2.27. The summed E-state index contributed by atoms with van der Waals surface area (Å²) < 4.78 is 31.6. The highest BCUT2D eigenvalue weighted by molar-refractivity contribution is 6.66. The van der Waals surface area contributed by atoms with Crippen molar-refractivity contribution >= 4 is 70.2 Å². The van der Waals surface area contributed by atoms with Crippen molar-refractivity contribution in [2.45, 2.75) is 76.2 Å². The molecule has 0 unspecified atom stereocenters. The Morgan fingerprint density at radius 3 is 1.56 bits per heavy atom. The number of hydrogen-bond acceptors (Lipinski definition) is 12. The summed E-state index contributed by atoms with van der Waals surface area (Å²) in [6.07, 6.45) is -1.86. The van der Waals surface area contributed by atoms with Gasteiger partial charge in [0.2, 0.25) is 0 Å². The summed E-state index contributed by atoms with van der Waals surface area (Å²) in [4.78, 5) is 47.4. The Morgan fingerprint density at radius 1 is 0.814 bits per heavy atom. The molecule has 2 aliphatic heterocycles. The maximum atomic E-state index is 11.9. The quantitative estimate of drug-likeness (QED) is 0.174. The molecule has 0 bridgehead atoms. The first-order chi connectivity index (χ1) is 19.2. The van der Waals surface area contributed by atoms with Crippen molar-refractivity contribution < 1.29 is 57.4 Å². The van der Waals surface area contributed by atoms with E-state index in [0.717, 1.165) is 7.11 Å². The lowest BCUT2D eigenvalue weighted by Gasteiger charge is -2.35. The minimum absolute atomic E-state index is 0. The van der Waals surface area contributed by atoms with E-state index in [0.29, 0.717) is 39.5 Å². The Kier molecular flexibility index (Phi) is 20.6. The van der Waals surface area contributed by atoms with E-state index >= 15 is 0 Å². The van der Waals surface area contributed by atoms with E-state index in [2.05, 4.69) is 14.2 Å². The maximum Gasteiger partial charge on any atom is 0.511 e. The van der Waals surface area contributed by atoms with E-state index in [4.69, 9.17) is 70.5 Å². The minimum atomic E-state index is -2.03. The molecule has 43 heavy (non-hydrogen) atoms. The normalized spacial score (nSPS) is 18.7. The molecule has 2 saturated heterocycles. The number of aliphatic hydroxyl groups is 1. The summed E-state index contributed by atoms with van der Waals surface area (Å²) in [7, 11) is 1.11. The Labute approximate surface area is 272 Å². The summed E-state index contributed by atoms with van der Waals surface area (Å²) in [5.74, 6) is 0. The van der Waals surface area contributed by atoms with Crippen LogP contribution in [0.5, 0.6) is 0 Å². The fraction of sp³-hybridized carbons (Fsp3) is 0.840. The van der Waals surface area contributed by atoms with Gasteiger partial charge in [0.1, 0.15) is 17.8 Å². The van der Waals surface area contributed by atoms with Crippen molar-refractivity contribution in [3.63, 3.8) is 0 Å². The largest absolute Gasteiger partial charge is 0.511 e. The third-order valence-electron chi connectivity index (χ3n) is 4.68. The molecule has 2 fully saturated rings. The van der Waals surface area contributed by atoms with Gasteiger partial charge in [-0.2, -0.15) is 0 Å². The Morgan fingerprint density at radius 2 is 1.23 bits per heavy atom. The maximum absolute atomic E-state index is 11.9. The molecule has 1 N–H and O–H groups in total. The van der Waals surface area contributed by atoms with Crippen LogP contribution in [0.3, 0.4) is 0 Å². The van der Waals surface area contributed by atoms with Crippen LogP contribution in [0.2, 0.25) is 0 Å². The van der Waals surface area contributed by atoms with Crippen molar-refractivity contribution in [3.8, 4) is 0 Å². The molecule has 2 rings (SSSR count). The van der Waals surface area contributed by atoms with Crippen LogP contribution in [0.15, 0.2) is 0 Å². The van der Waals surface area contributed by atoms with Gasteiger partial charge in [-0.05, 0) is 76.3 Å². The number of rotatable bonds is 3. The average Bonchev–Trinajstić information content (AvgIpc) is 2.85. The Hall–Kier alpha value is -1.68. The SMILES string of the molecule is C.CC(C)(C)OC(=O)N1CCOC[C@@H]1CO.CC(C)(C)OC(=O)N1CCOC[C@@H]1COC(=O)Cl.COC(=O)OC(Cl)(Cl)Cl. The second-order valence-corrected chi connectivity index (χ2v) is 13.0. The number of aliphatic hydroxyl groups excluding tert-OH is 1. The highest BCUT2D eigenvalue weighted by atomic mass is 35.6. The molecule has 14 nitrogen and oxygen atoms in total. The van der Waals surface area contributed by atoms with Crippen LogP contribution >= 0.6 is 46.4 Å². The van der Waals surface area contributed by atoms with Crippen LogP contribution in [0.1, 0.15) is 49.0 Å². The van der Waals surface area contributed by atoms with Gasteiger partial charge in [-0.1, -0.05) is 7.43 Å². The van der Waals surface area contributed by atoms with E-state index in [9.17, 15) is 19.2 Å². The molecule has 0 aromatic heterocycles. The fourth-order valence-electron chi connectivity index (χ4n) is 3.02. The van der Waals surface area contributed by atoms with Crippen molar-refractivity contribution in [1.82, 2.24) is 9.80 Å². The number of amides is 2. The molecule has 2 heterocycles. The zero-order chi connectivity index (χ0) is 32.7. The van der Waals surface area contributed by atoms with Crippen LogP contribution in [-0.4, -0.2) is 126 Å². The van der Waals surface area contributed by atoms with Crippen LogP contribution in [-0.2, 0) is 33.2 Å². The highest BCUT2D eigenvalue weighted by Gasteiger charge is 2.32. The molecule has 254 valence electrons. The number of alkyl halides is 3. The predicted octanol–water partition coefficient (Wildman–Crippen LogP) is 5.35. The summed E-state index contributed by atoms with van der Waals surface area (Å²) in [5.41, 5.74) is -1.97. The number of methoxy groups -OCH3 is 1. The molecular formula is C25H44Cl4N2O12. The minimum Gasteiger partial charge on any atom is -0.451 e. The molecule has 2 atom stereocenters. The van der Waals surface area contributed by atoms with Crippen LogP contribution in [0, 0.1) is 0 Å². The summed E-state index contributed by atoms with van der Waals surface area (Å²) in [6.45, 7) is 13.2. The topological polar surface area (TPSA) is 160 Å². The number of halogens is 4. The molecule has 0 aromatic rings. The lowest BCUT2D eigenvalue weighted by Crippen LogP contribution is -2.52. The van der Waals surface area contributed by atoms with Crippen molar-refractivity contribution in [1.29, 1.82) is 0 Å².